The van der Waals surface area contributed by atoms with Gasteiger partial charge in [-0.25, -0.2) is 0 Å². The first-order valence-electron chi connectivity index (χ1n) is 6.83. The maximum absolute atomic E-state index is 10.6. The second-order valence-corrected chi connectivity index (χ2v) is 4.22. The number of Topliss-reactive ketones (excluding diaryl/α,β-unsaturated/α-hetero) is 1. The summed E-state index contributed by atoms with van der Waals surface area (Å²) in [6.07, 6.45) is 2.36. The van der Waals surface area contributed by atoms with Crippen LogP contribution in [0, 0.1) is 0 Å². The van der Waals surface area contributed by atoms with Crippen LogP contribution in [-0.2, 0) is 11.2 Å². The highest BCUT2D eigenvalue weighted by Gasteiger charge is 1.94. The van der Waals surface area contributed by atoms with Gasteiger partial charge >= 0.3 is 0 Å². The van der Waals surface area contributed by atoms with Crippen molar-refractivity contribution in [3.05, 3.63) is 71.8 Å². The molecule has 0 radical (unpaired) electrons. The molecule has 3 heteroatoms. The number of benzene rings is 2. The normalized spacial score (nSPS) is 8.52. The first kappa shape index (κ1) is 18.7. The largest absolute Gasteiger partial charge is 0.333 e. The number of rotatable bonds is 4. The Morgan fingerprint density at radius 2 is 1.43 bits per heavy atom. The molecular weight excluding hydrogens is 262 g/mol. The number of carbonyl (C=O) groups is 2. The minimum absolute atomic E-state index is 0.258. The van der Waals surface area contributed by atoms with Crippen LogP contribution in [-0.4, -0.2) is 19.1 Å². The van der Waals surface area contributed by atoms with Gasteiger partial charge in [-0.15, -0.1) is 0 Å². The lowest BCUT2D eigenvalue weighted by Crippen LogP contribution is -1.92. The summed E-state index contributed by atoms with van der Waals surface area (Å²) in [6.45, 7) is 1.63. The van der Waals surface area contributed by atoms with E-state index in [4.69, 9.17) is 0 Å². The number of ketones is 1. The molecule has 0 bridgehead atoms. The second-order valence-electron chi connectivity index (χ2n) is 4.22. The monoisotopic (exact) mass is 285 g/mol. The molecule has 2 N–H and O–H groups in total. The average molecular weight is 285 g/mol. The fourth-order valence-electron chi connectivity index (χ4n) is 1.50. The van der Waals surface area contributed by atoms with Crippen LogP contribution >= 0.6 is 0 Å². The summed E-state index contributed by atoms with van der Waals surface area (Å²) in [6, 6.07) is 19.2. The van der Waals surface area contributed by atoms with E-state index in [-0.39, 0.29) is 5.78 Å². The molecule has 2 aromatic carbocycles. The van der Waals surface area contributed by atoms with E-state index < -0.39 is 0 Å². The summed E-state index contributed by atoms with van der Waals surface area (Å²) in [5, 5.41) is 0. The van der Waals surface area contributed by atoms with E-state index in [0.717, 1.165) is 18.3 Å². The third-order valence-corrected chi connectivity index (χ3v) is 2.54. The van der Waals surface area contributed by atoms with Gasteiger partial charge < -0.3 is 10.5 Å². The highest BCUT2D eigenvalue weighted by atomic mass is 16.1. The van der Waals surface area contributed by atoms with Crippen LogP contribution in [0.2, 0.25) is 0 Å². The van der Waals surface area contributed by atoms with Crippen molar-refractivity contribution in [1.82, 2.24) is 0 Å². The summed E-state index contributed by atoms with van der Waals surface area (Å²) in [7, 11) is 1.50. The molecule has 2 rings (SSSR count). The Balaban J connectivity index is 0.000000354. The summed E-state index contributed by atoms with van der Waals surface area (Å²) in [4.78, 5) is 20.6. The first-order valence-corrected chi connectivity index (χ1v) is 6.83. The van der Waals surface area contributed by atoms with E-state index >= 15 is 0 Å². The van der Waals surface area contributed by atoms with Crippen LogP contribution in [0.4, 0.5) is 0 Å². The second kappa shape index (κ2) is 12.8. The molecule has 0 saturated heterocycles. The Kier molecular flexibility index (Phi) is 11.4. The third kappa shape index (κ3) is 10.2. The van der Waals surface area contributed by atoms with Gasteiger partial charge in [0.05, 0.1) is 0 Å². The van der Waals surface area contributed by atoms with E-state index in [0.29, 0.717) is 6.42 Å². The molecule has 21 heavy (non-hydrogen) atoms. The van der Waals surface area contributed by atoms with Crippen molar-refractivity contribution < 1.29 is 9.59 Å². The van der Waals surface area contributed by atoms with Gasteiger partial charge in [0.15, 0.2) is 0 Å². The predicted octanol–water partition coefficient (Wildman–Crippen LogP) is 3.28. The zero-order valence-electron chi connectivity index (χ0n) is 12.7. The quantitative estimate of drug-likeness (QED) is 0.877. The van der Waals surface area contributed by atoms with Gasteiger partial charge in [0, 0.05) is 12.0 Å². The number of hydrogen-bond donors (Lipinski definition) is 1. The number of carbonyl (C=O) groups excluding carboxylic acids is 2. The van der Waals surface area contributed by atoms with Crippen LogP contribution in [0.5, 0.6) is 0 Å². The standard InChI is InChI=1S/C10H12O.C7H6O.CH5N/c1-9(11)7-8-10-5-3-2-4-6-10;8-6-7-4-2-1-3-5-7;1-2/h2-6H,7-8H2,1H3;1-6H;2H2,1H3. The van der Waals surface area contributed by atoms with Gasteiger partial charge in [0.1, 0.15) is 12.1 Å². The lowest BCUT2D eigenvalue weighted by Gasteiger charge is -1.96. The molecule has 0 aliphatic heterocycles. The molecule has 0 amide bonds. The Hall–Kier alpha value is -2.26. The zero-order chi connectivity index (χ0) is 15.9. The van der Waals surface area contributed by atoms with Gasteiger partial charge in [0.2, 0.25) is 0 Å². The molecule has 0 saturated carbocycles. The number of nitrogens with two attached hydrogens (primary N) is 1. The van der Waals surface area contributed by atoms with Crippen molar-refractivity contribution in [3.63, 3.8) is 0 Å². The molecule has 0 aliphatic rings. The topological polar surface area (TPSA) is 60.2 Å². The molecule has 0 aromatic heterocycles. The van der Waals surface area contributed by atoms with Crippen LogP contribution in [0.1, 0.15) is 29.3 Å². The maximum Gasteiger partial charge on any atom is 0.150 e. The van der Waals surface area contributed by atoms with Gasteiger partial charge in [-0.05, 0) is 26.0 Å². The lowest BCUT2D eigenvalue weighted by molar-refractivity contribution is -0.116. The molecule has 2 aromatic rings. The number of hydrogen-bond acceptors (Lipinski definition) is 3. The maximum atomic E-state index is 10.6. The van der Waals surface area contributed by atoms with Crippen molar-refractivity contribution >= 4 is 12.1 Å². The van der Waals surface area contributed by atoms with Gasteiger partial charge in [-0.2, -0.15) is 0 Å². The van der Waals surface area contributed by atoms with Gasteiger partial charge in [0.25, 0.3) is 0 Å². The average Bonchev–Trinajstić information content (AvgIpc) is 2.57. The predicted molar refractivity (Wildman–Crippen MR) is 87.4 cm³/mol. The molecule has 112 valence electrons. The molecule has 0 fully saturated rings. The molecule has 0 unspecified atom stereocenters. The lowest BCUT2D eigenvalue weighted by atomic mass is 10.1. The smallest absolute Gasteiger partial charge is 0.150 e. The SMILES string of the molecule is CC(=O)CCc1ccccc1.CN.O=Cc1ccccc1. The number of aldehydes is 1. The highest BCUT2D eigenvalue weighted by molar-refractivity contribution is 5.75. The molecule has 0 atom stereocenters. The molecular formula is C18H23NO2. The van der Waals surface area contributed by atoms with E-state index in [1.165, 1.54) is 12.6 Å². The minimum Gasteiger partial charge on any atom is -0.333 e. The fraction of sp³-hybridized carbons (Fsp3) is 0.222. The van der Waals surface area contributed by atoms with E-state index in [2.05, 4.69) is 5.73 Å². The molecule has 0 spiro atoms. The van der Waals surface area contributed by atoms with Crippen LogP contribution in [0.15, 0.2) is 60.7 Å². The van der Waals surface area contributed by atoms with Crippen LogP contribution in [0.25, 0.3) is 0 Å². The zero-order valence-corrected chi connectivity index (χ0v) is 12.7. The molecule has 3 nitrogen and oxygen atoms in total. The Morgan fingerprint density at radius 1 is 0.952 bits per heavy atom. The van der Waals surface area contributed by atoms with Crippen molar-refractivity contribution in [2.24, 2.45) is 5.73 Å². The van der Waals surface area contributed by atoms with Crippen LogP contribution in [0.3, 0.4) is 0 Å². The minimum atomic E-state index is 0.258. The summed E-state index contributed by atoms with van der Waals surface area (Å²) in [5.74, 6) is 0.258. The first-order chi connectivity index (χ1) is 10.2. The van der Waals surface area contributed by atoms with E-state index in [9.17, 15) is 9.59 Å². The third-order valence-electron chi connectivity index (χ3n) is 2.54. The fourth-order valence-corrected chi connectivity index (χ4v) is 1.50. The van der Waals surface area contributed by atoms with E-state index in [1.54, 1.807) is 19.1 Å². The van der Waals surface area contributed by atoms with Gasteiger partial charge in [-0.3, -0.25) is 4.79 Å². The number of aryl methyl sites for hydroxylation is 1. The van der Waals surface area contributed by atoms with Gasteiger partial charge in [-0.1, -0.05) is 60.7 Å². The van der Waals surface area contributed by atoms with Crippen LogP contribution < -0.4 is 5.73 Å². The Bertz CT molecular complexity index is 495. The molecule has 0 aliphatic carbocycles. The van der Waals surface area contributed by atoms with Crippen molar-refractivity contribution in [2.45, 2.75) is 19.8 Å². The Morgan fingerprint density at radius 3 is 1.81 bits per heavy atom. The Labute approximate surface area is 126 Å². The summed E-state index contributed by atoms with van der Waals surface area (Å²) >= 11 is 0. The van der Waals surface area contributed by atoms with E-state index in [1.807, 2.05) is 48.5 Å². The van der Waals surface area contributed by atoms with Crippen molar-refractivity contribution in [1.29, 1.82) is 0 Å². The highest BCUT2D eigenvalue weighted by Crippen LogP contribution is 2.01. The van der Waals surface area contributed by atoms with Crippen molar-refractivity contribution in [3.8, 4) is 0 Å². The van der Waals surface area contributed by atoms with Crippen molar-refractivity contribution in [2.75, 3.05) is 7.05 Å². The summed E-state index contributed by atoms with van der Waals surface area (Å²) < 4.78 is 0. The molecule has 0 heterocycles. The summed E-state index contributed by atoms with van der Waals surface area (Å²) in [5.41, 5.74) is 6.47.